The van der Waals surface area contributed by atoms with Gasteiger partial charge in [-0.1, -0.05) is 30.7 Å². The molecule has 2 nitrogen and oxygen atoms in total. The molecule has 4 heteroatoms. The van der Waals surface area contributed by atoms with Crippen LogP contribution < -0.4 is 0 Å². The molecule has 0 radical (unpaired) electrons. The Balaban J connectivity index is 1.87. The van der Waals surface area contributed by atoms with Crippen LogP contribution in [0.5, 0.6) is 0 Å². The predicted molar refractivity (Wildman–Crippen MR) is 99.5 cm³/mol. The van der Waals surface area contributed by atoms with Crippen molar-refractivity contribution in [2.24, 2.45) is 11.8 Å². The SMILES string of the molecule is CCc1ccc(-c2ccc(Cl)s2)cc1C1=C(O)C2CCC(C2)C1=O. The van der Waals surface area contributed by atoms with Gasteiger partial charge in [0.05, 0.1) is 9.91 Å². The van der Waals surface area contributed by atoms with Gasteiger partial charge in [0, 0.05) is 16.7 Å². The van der Waals surface area contributed by atoms with E-state index in [-0.39, 0.29) is 17.6 Å². The number of fused-ring (bicyclic) bond motifs is 2. The summed E-state index contributed by atoms with van der Waals surface area (Å²) in [6, 6.07) is 10.1. The minimum atomic E-state index is 0.0884. The highest BCUT2D eigenvalue weighted by atomic mass is 35.5. The van der Waals surface area contributed by atoms with E-state index in [1.54, 1.807) is 0 Å². The third-order valence-electron chi connectivity index (χ3n) is 5.31. The van der Waals surface area contributed by atoms with Crippen LogP contribution in [0, 0.1) is 11.8 Å². The fourth-order valence-electron chi connectivity index (χ4n) is 4.01. The van der Waals surface area contributed by atoms with E-state index in [2.05, 4.69) is 25.1 Å². The number of ketones is 1. The van der Waals surface area contributed by atoms with Gasteiger partial charge in [-0.3, -0.25) is 4.79 Å². The highest BCUT2D eigenvalue weighted by Crippen LogP contribution is 2.46. The molecule has 2 aliphatic rings. The highest BCUT2D eigenvalue weighted by molar-refractivity contribution is 7.19. The molecule has 1 saturated carbocycles. The second-order valence-electron chi connectivity index (χ2n) is 6.66. The first-order chi connectivity index (χ1) is 11.6. The highest BCUT2D eigenvalue weighted by Gasteiger charge is 2.41. The summed E-state index contributed by atoms with van der Waals surface area (Å²) in [5.74, 6) is 0.680. The van der Waals surface area contributed by atoms with E-state index in [0.29, 0.717) is 11.3 Å². The van der Waals surface area contributed by atoms with Crippen molar-refractivity contribution in [2.75, 3.05) is 0 Å². The van der Waals surface area contributed by atoms with Gasteiger partial charge in [0.25, 0.3) is 0 Å². The predicted octanol–water partition coefficient (Wildman–Crippen LogP) is 5.90. The molecule has 1 aromatic carbocycles. The lowest BCUT2D eigenvalue weighted by molar-refractivity contribution is -0.117. The number of allylic oxidation sites excluding steroid dienone is 2. The molecule has 2 aromatic rings. The van der Waals surface area contributed by atoms with E-state index >= 15 is 0 Å². The molecule has 24 heavy (non-hydrogen) atoms. The molecule has 2 aliphatic carbocycles. The number of hydrogen-bond donors (Lipinski definition) is 1. The van der Waals surface area contributed by atoms with Crippen LogP contribution in [0.15, 0.2) is 36.1 Å². The summed E-state index contributed by atoms with van der Waals surface area (Å²) in [6.45, 7) is 2.08. The average molecular weight is 359 g/mol. The molecule has 2 bridgehead atoms. The lowest BCUT2D eigenvalue weighted by Crippen LogP contribution is -2.22. The van der Waals surface area contributed by atoms with Crippen molar-refractivity contribution in [1.29, 1.82) is 0 Å². The fraction of sp³-hybridized carbons (Fsp3) is 0.350. The van der Waals surface area contributed by atoms with Crippen LogP contribution in [-0.2, 0) is 11.2 Å². The summed E-state index contributed by atoms with van der Waals surface area (Å²) >= 11 is 7.59. The molecule has 1 N–H and O–H groups in total. The Bertz CT molecular complexity index is 849. The number of Topliss-reactive ketones (excluding diaryl/α,β-unsaturated/α-hetero) is 1. The molecule has 1 aromatic heterocycles. The van der Waals surface area contributed by atoms with Crippen molar-refractivity contribution in [3.63, 3.8) is 0 Å². The summed E-state index contributed by atoms with van der Waals surface area (Å²) < 4.78 is 0.750. The zero-order chi connectivity index (χ0) is 16.8. The first-order valence-corrected chi connectivity index (χ1v) is 9.64. The second kappa shape index (κ2) is 6.05. The van der Waals surface area contributed by atoms with Gasteiger partial charge in [-0.15, -0.1) is 11.3 Å². The second-order valence-corrected chi connectivity index (χ2v) is 8.38. The summed E-state index contributed by atoms with van der Waals surface area (Å²) in [5, 5.41) is 10.7. The normalized spacial score (nSPS) is 23.2. The topological polar surface area (TPSA) is 37.3 Å². The third-order valence-corrected chi connectivity index (χ3v) is 6.59. The van der Waals surface area contributed by atoms with Crippen molar-refractivity contribution in [3.05, 3.63) is 51.6 Å². The van der Waals surface area contributed by atoms with Crippen molar-refractivity contribution in [1.82, 2.24) is 0 Å². The molecule has 4 rings (SSSR count). The monoisotopic (exact) mass is 358 g/mol. The number of aliphatic hydroxyl groups excluding tert-OH is 1. The van der Waals surface area contributed by atoms with Gasteiger partial charge in [-0.25, -0.2) is 0 Å². The van der Waals surface area contributed by atoms with Gasteiger partial charge >= 0.3 is 0 Å². The Morgan fingerprint density at radius 1 is 1.21 bits per heavy atom. The molecular weight excluding hydrogens is 340 g/mol. The van der Waals surface area contributed by atoms with E-state index in [1.807, 2.05) is 12.1 Å². The van der Waals surface area contributed by atoms with Crippen LogP contribution in [0.2, 0.25) is 4.34 Å². The summed E-state index contributed by atoms with van der Waals surface area (Å²) in [6.07, 6.45) is 3.47. The molecule has 1 heterocycles. The number of thiophene rings is 1. The first kappa shape index (κ1) is 15.9. The van der Waals surface area contributed by atoms with Crippen LogP contribution >= 0.6 is 22.9 Å². The van der Waals surface area contributed by atoms with Gasteiger partial charge in [-0.05, 0) is 60.6 Å². The Morgan fingerprint density at radius 2 is 2.00 bits per heavy atom. The molecule has 0 spiro atoms. The van der Waals surface area contributed by atoms with E-state index in [0.717, 1.165) is 51.6 Å². The lowest BCUT2D eigenvalue weighted by Gasteiger charge is -2.23. The van der Waals surface area contributed by atoms with Crippen LogP contribution in [0.1, 0.15) is 37.3 Å². The quantitative estimate of drug-likeness (QED) is 0.741. The zero-order valence-electron chi connectivity index (χ0n) is 13.5. The summed E-state index contributed by atoms with van der Waals surface area (Å²) in [5.41, 5.74) is 3.62. The zero-order valence-corrected chi connectivity index (χ0v) is 15.1. The van der Waals surface area contributed by atoms with E-state index < -0.39 is 0 Å². The number of benzene rings is 1. The van der Waals surface area contributed by atoms with E-state index in [9.17, 15) is 9.90 Å². The summed E-state index contributed by atoms with van der Waals surface area (Å²) in [7, 11) is 0. The number of aryl methyl sites for hydroxylation is 1. The smallest absolute Gasteiger partial charge is 0.169 e. The molecule has 2 atom stereocenters. The Labute approximate surface area is 150 Å². The van der Waals surface area contributed by atoms with Gasteiger partial charge in [-0.2, -0.15) is 0 Å². The number of rotatable bonds is 3. The Morgan fingerprint density at radius 3 is 2.71 bits per heavy atom. The Hall–Kier alpha value is -1.58. The molecule has 0 aliphatic heterocycles. The molecule has 0 saturated heterocycles. The standard InChI is InChI=1S/C20H19ClO2S/c1-2-11-3-4-12(16-7-8-17(21)24-16)10-15(11)18-19(22)13-5-6-14(9-13)20(18)23/h3-4,7-8,10,13-14,22H,2,5-6,9H2,1H3. The fourth-order valence-corrected chi connectivity index (χ4v) is 5.05. The van der Waals surface area contributed by atoms with Gasteiger partial charge in [0.15, 0.2) is 5.78 Å². The molecule has 2 unspecified atom stereocenters. The lowest BCUT2D eigenvalue weighted by atomic mass is 9.81. The number of hydrogen-bond acceptors (Lipinski definition) is 3. The van der Waals surface area contributed by atoms with Crippen LogP contribution in [-0.4, -0.2) is 10.9 Å². The molecule has 1 fully saturated rings. The van der Waals surface area contributed by atoms with Gasteiger partial charge in [0.1, 0.15) is 5.76 Å². The summed E-state index contributed by atoms with van der Waals surface area (Å²) in [4.78, 5) is 14.0. The largest absolute Gasteiger partial charge is 0.511 e. The van der Waals surface area contributed by atoms with E-state index in [4.69, 9.17) is 11.6 Å². The van der Waals surface area contributed by atoms with Crippen molar-refractivity contribution in [3.8, 4) is 10.4 Å². The average Bonchev–Trinajstić information content (AvgIpc) is 3.21. The van der Waals surface area contributed by atoms with Crippen molar-refractivity contribution >= 4 is 34.3 Å². The minimum absolute atomic E-state index is 0.0884. The maximum Gasteiger partial charge on any atom is 0.169 e. The minimum Gasteiger partial charge on any atom is -0.511 e. The van der Waals surface area contributed by atoms with Crippen molar-refractivity contribution in [2.45, 2.75) is 32.6 Å². The molecular formula is C20H19ClO2S. The number of halogens is 1. The maximum atomic E-state index is 12.9. The molecule has 0 amide bonds. The number of carbonyl (C=O) groups is 1. The number of carbonyl (C=O) groups excluding carboxylic acids is 1. The third kappa shape index (κ3) is 2.51. The van der Waals surface area contributed by atoms with E-state index in [1.165, 1.54) is 11.3 Å². The molecule has 124 valence electrons. The first-order valence-electron chi connectivity index (χ1n) is 8.44. The van der Waals surface area contributed by atoms with Crippen LogP contribution in [0.25, 0.3) is 16.0 Å². The number of aliphatic hydroxyl groups is 1. The van der Waals surface area contributed by atoms with Crippen LogP contribution in [0.4, 0.5) is 0 Å². The van der Waals surface area contributed by atoms with Crippen LogP contribution in [0.3, 0.4) is 0 Å². The van der Waals surface area contributed by atoms with Gasteiger partial charge < -0.3 is 5.11 Å². The Kier molecular flexibility index (Phi) is 4.01. The van der Waals surface area contributed by atoms with Gasteiger partial charge in [0.2, 0.25) is 0 Å². The van der Waals surface area contributed by atoms with Crippen molar-refractivity contribution < 1.29 is 9.90 Å². The maximum absolute atomic E-state index is 12.9.